The van der Waals surface area contributed by atoms with Crippen molar-refractivity contribution >= 4 is 5.91 Å². The molecule has 2 heterocycles. The molecule has 114 valence electrons. The van der Waals surface area contributed by atoms with Crippen LogP contribution < -0.4 is 5.32 Å². The van der Waals surface area contributed by atoms with Crippen LogP contribution in [0, 0.1) is 12.8 Å². The number of aromatic nitrogens is 3. The van der Waals surface area contributed by atoms with E-state index in [4.69, 9.17) is 0 Å². The predicted molar refractivity (Wildman–Crippen MR) is 82.2 cm³/mol. The summed E-state index contributed by atoms with van der Waals surface area (Å²) in [4.78, 5) is 12.3. The van der Waals surface area contributed by atoms with Crippen molar-refractivity contribution in [2.24, 2.45) is 5.92 Å². The molecule has 1 aromatic heterocycles. The molecule has 4 rings (SSSR count). The monoisotopic (exact) mass is 296 g/mol. The summed E-state index contributed by atoms with van der Waals surface area (Å²) in [6, 6.07) is 8.35. The second-order valence-corrected chi connectivity index (χ2v) is 6.31. The summed E-state index contributed by atoms with van der Waals surface area (Å²) in [7, 11) is 0. The lowest BCUT2D eigenvalue weighted by Gasteiger charge is -2.07. The molecule has 22 heavy (non-hydrogen) atoms. The first-order valence-electron chi connectivity index (χ1n) is 7.98. The van der Waals surface area contributed by atoms with E-state index in [2.05, 4.69) is 45.2 Å². The number of amides is 1. The number of benzene rings is 1. The topological polar surface area (TPSA) is 59.8 Å². The van der Waals surface area contributed by atoms with Crippen molar-refractivity contribution in [2.45, 2.75) is 45.2 Å². The summed E-state index contributed by atoms with van der Waals surface area (Å²) >= 11 is 0. The minimum atomic E-state index is 0.113. The van der Waals surface area contributed by atoms with Crippen molar-refractivity contribution in [1.82, 2.24) is 20.1 Å². The van der Waals surface area contributed by atoms with E-state index in [0.29, 0.717) is 12.5 Å². The molecule has 1 fully saturated rings. The number of hydrogen-bond acceptors (Lipinski definition) is 3. The van der Waals surface area contributed by atoms with Crippen LogP contribution in [0.1, 0.15) is 41.5 Å². The minimum absolute atomic E-state index is 0.113. The fourth-order valence-corrected chi connectivity index (χ4v) is 3.47. The molecular weight excluding hydrogens is 276 g/mol. The number of fused-ring (bicyclic) bond motifs is 1. The minimum Gasteiger partial charge on any atom is -0.349 e. The average molecular weight is 296 g/mol. The van der Waals surface area contributed by atoms with Crippen LogP contribution in [0.2, 0.25) is 0 Å². The van der Waals surface area contributed by atoms with Crippen molar-refractivity contribution < 1.29 is 4.79 Å². The van der Waals surface area contributed by atoms with Gasteiger partial charge in [-0.1, -0.05) is 24.3 Å². The van der Waals surface area contributed by atoms with Gasteiger partial charge in [0.2, 0.25) is 5.91 Å². The molecule has 1 amide bonds. The highest BCUT2D eigenvalue weighted by Gasteiger charge is 2.44. The van der Waals surface area contributed by atoms with Crippen LogP contribution in [0.3, 0.4) is 0 Å². The second-order valence-electron chi connectivity index (χ2n) is 6.31. The smallest absolute Gasteiger partial charge is 0.224 e. The molecular formula is C17H20N4O. The summed E-state index contributed by atoms with van der Waals surface area (Å²) < 4.78 is 2.13. The van der Waals surface area contributed by atoms with Crippen molar-refractivity contribution in [1.29, 1.82) is 0 Å². The molecule has 0 bridgehead atoms. The van der Waals surface area contributed by atoms with Crippen molar-refractivity contribution in [3.8, 4) is 0 Å². The molecule has 2 aromatic rings. The van der Waals surface area contributed by atoms with Crippen LogP contribution >= 0.6 is 0 Å². The summed E-state index contributed by atoms with van der Waals surface area (Å²) in [5.41, 5.74) is 2.59. The van der Waals surface area contributed by atoms with Gasteiger partial charge >= 0.3 is 0 Å². The van der Waals surface area contributed by atoms with Crippen LogP contribution in [0.4, 0.5) is 0 Å². The van der Waals surface area contributed by atoms with Gasteiger partial charge < -0.3 is 9.88 Å². The molecule has 2 aliphatic rings. The lowest BCUT2D eigenvalue weighted by molar-refractivity contribution is -0.122. The van der Waals surface area contributed by atoms with E-state index in [9.17, 15) is 4.79 Å². The van der Waals surface area contributed by atoms with E-state index in [1.165, 1.54) is 11.1 Å². The zero-order valence-corrected chi connectivity index (χ0v) is 12.7. The molecule has 0 saturated heterocycles. The number of rotatable bonds is 4. The fraction of sp³-hybridized carbons (Fsp3) is 0.471. The normalized spacial score (nSPS) is 22.4. The zero-order chi connectivity index (χ0) is 15.1. The Labute approximate surface area is 129 Å². The van der Waals surface area contributed by atoms with Gasteiger partial charge in [-0.3, -0.25) is 4.79 Å². The van der Waals surface area contributed by atoms with Gasteiger partial charge in [-0.05, 0) is 36.8 Å². The second kappa shape index (κ2) is 5.23. The van der Waals surface area contributed by atoms with E-state index in [-0.39, 0.29) is 11.8 Å². The third-order valence-corrected chi connectivity index (χ3v) is 4.82. The quantitative estimate of drug-likeness (QED) is 0.938. The summed E-state index contributed by atoms with van der Waals surface area (Å²) in [6.07, 6.45) is 3.08. The lowest BCUT2D eigenvalue weighted by Crippen LogP contribution is -2.26. The Morgan fingerprint density at radius 3 is 3.09 bits per heavy atom. The average Bonchev–Trinajstić information content (AvgIpc) is 3.00. The van der Waals surface area contributed by atoms with Gasteiger partial charge in [0.25, 0.3) is 0 Å². The maximum absolute atomic E-state index is 12.3. The fourth-order valence-electron chi connectivity index (χ4n) is 3.47. The van der Waals surface area contributed by atoms with Crippen molar-refractivity contribution in [3.63, 3.8) is 0 Å². The van der Waals surface area contributed by atoms with Gasteiger partial charge in [-0.25, -0.2) is 0 Å². The molecule has 0 radical (unpaired) electrons. The number of hydrogen-bond donors (Lipinski definition) is 1. The highest BCUT2D eigenvalue weighted by atomic mass is 16.2. The van der Waals surface area contributed by atoms with Gasteiger partial charge in [0.1, 0.15) is 5.82 Å². The SMILES string of the molecule is Cc1ccccc1[C@H]1C[C@@H]1C(=O)NCc1nnc2n1CCC2. The highest BCUT2D eigenvalue weighted by Crippen LogP contribution is 2.48. The third-order valence-electron chi connectivity index (χ3n) is 4.82. The van der Waals surface area contributed by atoms with Crippen LogP contribution in [0.5, 0.6) is 0 Å². The Balaban J connectivity index is 1.37. The number of carbonyl (C=O) groups is 1. The van der Waals surface area contributed by atoms with E-state index in [0.717, 1.165) is 37.5 Å². The highest BCUT2D eigenvalue weighted by molar-refractivity contribution is 5.82. The van der Waals surface area contributed by atoms with Crippen LogP contribution in [0.15, 0.2) is 24.3 Å². The molecule has 5 heteroatoms. The number of aryl methyl sites for hydroxylation is 2. The van der Waals surface area contributed by atoms with Crippen LogP contribution in [-0.2, 0) is 24.3 Å². The Hall–Kier alpha value is -2.17. The maximum Gasteiger partial charge on any atom is 0.224 e. The van der Waals surface area contributed by atoms with Gasteiger partial charge in [0.05, 0.1) is 6.54 Å². The van der Waals surface area contributed by atoms with E-state index < -0.39 is 0 Å². The third kappa shape index (κ3) is 2.30. The van der Waals surface area contributed by atoms with Gasteiger partial charge in [-0.15, -0.1) is 10.2 Å². The molecule has 0 unspecified atom stereocenters. The van der Waals surface area contributed by atoms with E-state index in [1.807, 2.05) is 6.07 Å². The van der Waals surface area contributed by atoms with Gasteiger partial charge in [0, 0.05) is 18.9 Å². The predicted octanol–water partition coefficient (Wildman–Crippen LogP) is 1.95. The zero-order valence-electron chi connectivity index (χ0n) is 12.7. The molecule has 1 aliphatic carbocycles. The lowest BCUT2D eigenvalue weighted by atomic mass is 10.0. The Morgan fingerprint density at radius 1 is 1.36 bits per heavy atom. The standard InChI is InChI=1S/C17H20N4O/c1-11-5-2-3-6-12(11)13-9-14(13)17(22)18-10-16-20-19-15-7-4-8-21(15)16/h2-3,5-6,13-14H,4,7-10H2,1H3,(H,18,22)/t13-,14+/m1/s1. The molecule has 1 saturated carbocycles. The number of nitrogens with one attached hydrogen (secondary N) is 1. The molecule has 1 aromatic carbocycles. The molecule has 1 N–H and O–H groups in total. The van der Waals surface area contributed by atoms with Crippen molar-refractivity contribution in [3.05, 3.63) is 47.0 Å². The van der Waals surface area contributed by atoms with E-state index >= 15 is 0 Å². The maximum atomic E-state index is 12.3. The summed E-state index contributed by atoms with van der Waals surface area (Å²) in [5, 5.41) is 11.4. The molecule has 1 aliphatic heterocycles. The molecule has 0 spiro atoms. The van der Waals surface area contributed by atoms with Gasteiger partial charge in [0.15, 0.2) is 5.82 Å². The Morgan fingerprint density at radius 2 is 2.23 bits per heavy atom. The summed E-state index contributed by atoms with van der Waals surface area (Å²) in [5.74, 6) is 2.57. The largest absolute Gasteiger partial charge is 0.349 e. The first-order chi connectivity index (χ1) is 10.7. The number of carbonyl (C=O) groups excluding carboxylic acids is 1. The first kappa shape index (κ1) is 13.5. The first-order valence-corrected chi connectivity index (χ1v) is 7.98. The molecule has 2 atom stereocenters. The number of nitrogens with zero attached hydrogens (tertiary/aromatic N) is 3. The van der Waals surface area contributed by atoms with Crippen LogP contribution in [-0.4, -0.2) is 20.7 Å². The Bertz CT molecular complexity index is 721. The Kier molecular flexibility index (Phi) is 3.21. The van der Waals surface area contributed by atoms with Gasteiger partial charge in [-0.2, -0.15) is 0 Å². The van der Waals surface area contributed by atoms with E-state index in [1.54, 1.807) is 0 Å². The van der Waals surface area contributed by atoms with Crippen LogP contribution in [0.25, 0.3) is 0 Å². The van der Waals surface area contributed by atoms with Crippen molar-refractivity contribution in [2.75, 3.05) is 0 Å². The molecule has 5 nitrogen and oxygen atoms in total. The summed E-state index contributed by atoms with van der Waals surface area (Å²) in [6.45, 7) is 3.58.